The molecule has 0 aliphatic heterocycles. The van der Waals surface area contributed by atoms with Crippen molar-refractivity contribution >= 4 is 33.4 Å². The van der Waals surface area contributed by atoms with Gasteiger partial charge in [0.15, 0.2) is 12.4 Å². The molecule has 0 fully saturated rings. The fraction of sp³-hybridized carbons (Fsp3) is 0.348. The maximum Gasteiger partial charge on any atom is 0.306 e. The van der Waals surface area contributed by atoms with Crippen molar-refractivity contribution in [1.82, 2.24) is 4.31 Å². The van der Waals surface area contributed by atoms with E-state index >= 15 is 0 Å². The number of esters is 1. The lowest BCUT2D eigenvalue weighted by atomic mass is 10.1. The number of hydrogen-bond donors (Lipinski definition) is 1. The Labute approximate surface area is 193 Å². The number of sulfonamides is 1. The van der Waals surface area contributed by atoms with Gasteiger partial charge in [-0.15, -0.1) is 0 Å². The van der Waals surface area contributed by atoms with Gasteiger partial charge in [-0.1, -0.05) is 6.07 Å². The molecule has 0 heterocycles. The van der Waals surface area contributed by atoms with Crippen molar-refractivity contribution in [3.8, 4) is 5.75 Å². The first-order valence-electron chi connectivity index (χ1n) is 10.2. The molecule has 0 saturated carbocycles. The van der Waals surface area contributed by atoms with E-state index < -0.39 is 28.5 Å². The van der Waals surface area contributed by atoms with Crippen LogP contribution in [0.25, 0.3) is 0 Å². The number of Topliss-reactive ketones (excluding diaryl/α,β-unsaturated/α-hetero) is 1. The molecule has 178 valence electrons. The van der Waals surface area contributed by atoms with E-state index in [0.717, 1.165) is 4.31 Å². The molecule has 0 saturated heterocycles. The van der Waals surface area contributed by atoms with E-state index in [2.05, 4.69) is 5.32 Å². The van der Waals surface area contributed by atoms with Gasteiger partial charge in [-0.05, 0) is 62.2 Å². The minimum Gasteiger partial charge on any atom is -0.494 e. The Morgan fingerprint density at radius 2 is 1.70 bits per heavy atom. The Balaban J connectivity index is 1.77. The number of nitrogens with zero attached hydrogens (tertiary/aromatic N) is 1. The molecule has 0 spiro atoms. The lowest BCUT2D eigenvalue weighted by Gasteiger charge is -2.14. The van der Waals surface area contributed by atoms with Crippen LogP contribution in [0, 0.1) is 6.92 Å². The van der Waals surface area contributed by atoms with E-state index in [4.69, 9.17) is 9.47 Å². The second-order valence-electron chi connectivity index (χ2n) is 7.51. The molecule has 0 aromatic heterocycles. The summed E-state index contributed by atoms with van der Waals surface area (Å²) in [4.78, 5) is 35.3. The highest BCUT2D eigenvalue weighted by Crippen LogP contribution is 2.22. The number of anilines is 1. The van der Waals surface area contributed by atoms with Crippen LogP contribution in [0.5, 0.6) is 5.75 Å². The van der Waals surface area contributed by atoms with Gasteiger partial charge in [0.05, 0.1) is 11.5 Å². The van der Waals surface area contributed by atoms with Gasteiger partial charge in [0.1, 0.15) is 5.75 Å². The fourth-order valence-corrected chi connectivity index (χ4v) is 3.63. The number of aryl methyl sites for hydroxylation is 1. The normalized spacial score (nSPS) is 11.2. The molecule has 0 aliphatic carbocycles. The van der Waals surface area contributed by atoms with Crippen LogP contribution in [0.3, 0.4) is 0 Å². The molecular formula is C23H28N2O7S. The molecule has 0 atom stereocenters. The second kappa shape index (κ2) is 11.6. The number of ether oxygens (including phenoxy) is 2. The number of nitrogens with one attached hydrogen (secondary N) is 1. The van der Waals surface area contributed by atoms with Crippen molar-refractivity contribution < 1.29 is 32.3 Å². The summed E-state index contributed by atoms with van der Waals surface area (Å²) in [6.07, 6.45) is 0.451. The standard InChI is InChI=1S/C23H28N2O7S/c1-16-7-12-20(33(29,30)25(3)4)14-21(16)24-22(27)15-32-23(28)6-5-13-31-19-10-8-18(9-11-19)17(2)26/h7-12,14H,5-6,13,15H2,1-4H3,(H,24,27). The van der Waals surface area contributed by atoms with Crippen LogP contribution in [0.1, 0.15) is 35.7 Å². The first-order chi connectivity index (χ1) is 15.5. The zero-order chi connectivity index (χ0) is 24.6. The topological polar surface area (TPSA) is 119 Å². The van der Waals surface area contributed by atoms with Crippen LogP contribution >= 0.6 is 0 Å². The molecule has 0 radical (unpaired) electrons. The average Bonchev–Trinajstić information content (AvgIpc) is 2.76. The largest absolute Gasteiger partial charge is 0.494 e. The first-order valence-corrected chi connectivity index (χ1v) is 11.7. The molecule has 2 aromatic rings. The summed E-state index contributed by atoms with van der Waals surface area (Å²) in [5, 5.41) is 2.57. The summed E-state index contributed by atoms with van der Waals surface area (Å²) in [6, 6.07) is 11.1. The summed E-state index contributed by atoms with van der Waals surface area (Å²) < 4.78 is 36.1. The van der Waals surface area contributed by atoms with Crippen LogP contribution in [0.4, 0.5) is 5.69 Å². The molecule has 2 aromatic carbocycles. The predicted octanol–water partition coefficient (Wildman–Crippen LogP) is 2.79. The van der Waals surface area contributed by atoms with Crippen molar-refractivity contribution in [2.45, 2.75) is 31.6 Å². The van der Waals surface area contributed by atoms with E-state index in [-0.39, 0.29) is 23.7 Å². The minimum absolute atomic E-state index is 0.0326. The molecule has 0 unspecified atom stereocenters. The highest BCUT2D eigenvalue weighted by atomic mass is 32.2. The van der Waals surface area contributed by atoms with E-state index in [1.54, 1.807) is 37.3 Å². The van der Waals surface area contributed by atoms with E-state index in [9.17, 15) is 22.8 Å². The SMILES string of the molecule is CC(=O)c1ccc(OCCCC(=O)OCC(=O)Nc2cc(S(=O)(=O)N(C)C)ccc2C)cc1. The van der Waals surface area contributed by atoms with Gasteiger partial charge in [-0.2, -0.15) is 0 Å². The van der Waals surface area contributed by atoms with Crippen molar-refractivity contribution in [3.05, 3.63) is 53.6 Å². The van der Waals surface area contributed by atoms with E-state index in [1.165, 1.54) is 33.2 Å². The number of amides is 1. The van der Waals surface area contributed by atoms with Crippen molar-refractivity contribution in [1.29, 1.82) is 0 Å². The van der Waals surface area contributed by atoms with Crippen LogP contribution < -0.4 is 10.1 Å². The third-order valence-corrected chi connectivity index (χ3v) is 6.49. The second-order valence-corrected chi connectivity index (χ2v) is 9.66. The number of benzene rings is 2. The van der Waals surface area contributed by atoms with Crippen LogP contribution in [0.15, 0.2) is 47.4 Å². The zero-order valence-corrected chi connectivity index (χ0v) is 19.9. The number of rotatable bonds is 11. The Morgan fingerprint density at radius 1 is 1.03 bits per heavy atom. The van der Waals surface area contributed by atoms with E-state index in [0.29, 0.717) is 29.0 Å². The molecule has 2 rings (SSSR count). The molecular weight excluding hydrogens is 448 g/mol. The fourth-order valence-electron chi connectivity index (χ4n) is 2.70. The predicted molar refractivity (Wildman–Crippen MR) is 123 cm³/mol. The van der Waals surface area contributed by atoms with Gasteiger partial charge < -0.3 is 14.8 Å². The Kier molecular flexibility index (Phi) is 9.12. The first kappa shape index (κ1) is 26.0. The van der Waals surface area contributed by atoms with Crippen LogP contribution in [0.2, 0.25) is 0 Å². The molecule has 0 aliphatic rings. The Bertz CT molecular complexity index is 1110. The number of carbonyl (C=O) groups is 3. The lowest BCUT2D eigenvalue weighted by molar-refractivity contribution is -0.147. The summed E-state index contributed by atoms with van der Waals surface area (Å²) in [7, 11) is -0.809. The monoisotopic (exact) mass is 476 g/mol. The molecule has 0 bridgehead atoms. The van der Waals surface area contributed by atoms with Crippen LogP contribution in [-0.2, 0) is 24.3 Å². The highest BCUT2D eigenvalue weighted by Gasteiger charge is 2.19. The van der Waals surface area contributed by atoms with E-state index in [1.807, 2.05) is 0 Å². The maximum atomic E-state index is 12.3. The zero-order valence-electron chi connectivity index (χ0n) is 19.1. The summed E-state index contributed by atoms with van der Waals surface area (Å²) >= 11 is 0. The number of ketones is 1. The van der Waals surface area contributed by atoms with Crippen molar-refractivity contribution in [2.75, 3.05) is 32.6 Å². The lowest BCUT2D eigenvalue weighted by Crippen LogP contribution is -2.23. The summed E-state index contributed by atoms with van der Waals surface area (Å²) in [5.41, 5.74) is 1.58. The number of carbonyl (C=O) groups excluding carboxylic acids is 3. The van der Waals surface area contributed by atoms with Crippen molar-refractivity contribution in [2.24, 2.45) is 0 Å². The molecule has 33 heavy (non-hydrogen) atoms. The van der Waals surface area contributed by atoms with Crippen LogP contribution in [-0.4, -0.2) is 57.7 Å². The summed E-state index contributed by atoms with van der Waals surface area (Å²) in [6.45, 7) is 2.99. The molecule has 9 nitrogen and oxygen atoms in total. The molecule has 10 heteroatoms. The third kappa shape index (κ3) is 7.69. The minimum atomic E-state index is -3.65. The third-order valence-electron chi connectivity index (χ3n) is 4.68. The Hall–Kier alpha value is -3.24. The van der Waals surface area contributed by atoms with Crippen molar-refractivity contribution in [3.63, 3.8) is 0 Å². The Morgan fingerprint density at radius 3 is 2.30 bits per heavy atom. The van der Waals surface area contributed by atoms with Gasteiger partial charge in [-0.3, -0.25) is 14.4 Å². The maximum absolute atomic E-state index is 12.3. The molecule has 1 N–H and O–H groups in total. The van der Waals surface area contributed by atoms with Gasteiger partial charge >= 0.3 is 5.97 Å². The highest BCUT2D eigenvalue weighted by molar-refractivity contribution is 7.89. The quantitative estimate of drug-likeness (QED) is 0.301. The summed E-state index contributed by atoms with van der Waals surface area (Å²) in [5.74, 6) is -0.578. The molecule has 1 amide bonds. The average molecular weight is 477 g/mol. The van der Waals surface area contributed by atoms with Gasteiger partial charge in [0, 0.05) is 31.8 Å². The number of hydrogen-bond acceptors (Lipinski definition) is 7. The van der Waals surface area contributed by atoms with Gasteiger partial charge in [0.2, 0.25) is 10.0 Å². The smallest absolute Gasteiger partial charge is 0.306 e. The van der Waals surface area contributed by atoms with Gasteiger partial charge in [0.25, 0.3) is 5.91 Å². The van der Waals surface area contributed by atoms with Gasteiger partial charge in [-0.25, -0.2) is 12.7 Å².